The van der Waals surface area contributed by atoms with Crippen LogP contribution in [0.5, 0.6) is 0 Å². The smallest absolute Gasteiger partial charge is 0.111 e. The van der Waals surface area contributed by atoms with Crippen LogP contribution in [0.1, 0.15) is 20.3 Å². The van der Waals surface area contributed by atoms with Gasteiger partial charge in [0.25, 0.3) is 0 Å². The molecule has 94 valence electrons. The highest BCUT2D eigenvalue weighted by Crippen LogP contribution is 2.57. The van der Waals surface area contributed by atoms with Gasteiger partial charge in [-0.05, 0) is 17.8 Å². The van der Waals surface area contributed by atoms with Crippen molar-refractivity contribution in [2.45, 2.75) is 50.8 Å². The molecule has 0 bridgehead atoms. The highest BCUT2D eigenvalue weighted by atomic mass is 16.5. The molecule has 0 radical (unpaired) electrons. The van der Waals surface area contributed by atoms with E-state index in [-0.39, 0.29) is 12.0 Å². The number of aliphatic hydroxyl groups is 4. The van der Waals surface area contributed by atoms with E-state index >= 15 is 0 Å². The Balaban J connectivity index is 2.14. The summed E-state index contributed by atoms with van der Waals surface area (Å²) in [5.74, 6) is 0.425. The molecule has 5 heteroatoms. The van der Waals surface area contributed by atoms with Gasteiger partial charge in [-0.15, -0.1) is 0 Å². The zero-order chi connectivity index (χ0) is 12.1. The molecule has 0 aromatic rings. The minimum atomic E-state index is -1.25. The minimum absolute atomic E-state index is 0.159. The van der Waals surface area contributed by atoms with Gasteiger partial charge in [0.05, 0.1) is 12.7 Å². The Morgan fingerprint density at radius 2 is 1.75 bits per heavy atom. The highest BCUT2D eigenvalue weighted by Gasteiger charge is 2.59. The van der Waals surface area contributed by atoms with E-state index in [0.717, 1.165) is 6.42 Å². The topological polar surface area (TPSA) is 90.2 Å². The molecule has 4 N–H and O–H groups in total. The second-order valence-corrected chi connectivity index (χ2v) is 5.36. The quantitative estimate of drug-likeness (QED) is 0.484. The molecule has 0 spiro atoms. The van der Waals surface area contributed by atoms with Gasteiger partial charge in [0.1, 0.15) is 24.4 Å². The number of rotatable bonds is 2. The summed E-state index contributed by atoms with van der Waals surface area (Å²) in [6.45, 7) is 3.69. The Morgan fingerprint density at radius 1 is 1.19 bits per heavy atom. The van der Waals surface area contributed by atoms with Crippen LogP contribution in [-0.2, 0) is 4.74 Å². The zero-order valence-corrected chi connectivity index (χ0v) is 9.58. The summed E-state index contributed by atoms with van der Waals surface area (Å²) in [4.78, 5) is 0. The third-order valence-electron chi connectivity index (χ3n) is 4.25. The van der Waals surface area contributed by atoms with Gasteiger partial charge in [0.15, 0.2) is 0 Å². The fourth-order valence-electron chi connectivity index (χ4n) is 2.64. The average molecular weight is 232 g/mol. The third kappa shape index (κ3) is 1.67. The molecule has 1 aliphatic carbocycles. The third-order valence-corrected chi connectivity index (χ3v) is 4.25. The Hall–Kier alpha value is -0.200. The Kier molecular flexibility index (Phi) is 3.01. The van der Waals surface area contributed by atoms with Crippen molar-refractivity contribution >= 4 is 0 Å². The lowest BCUT2D eigenvalue weighted by Crippen LogP contribution is -2.60. The SMILES string of the molecule is CC1CC1(C)C1OC(CO)[C@H](O)C(O)C1O. The minimum Gasteiger partial charge on any atom is -0.394 e. The van der Waals surface area contributed by atoms with E-state index < -0.39 is 30.5 Å². The van der Waals surface area contributed by atoms with E-state index in [1.807, 2.05) is 6.92 Å². The summed E-state index contributed by atoms with van der Waals surface area (Å²) < 4.78 is 5.52. The van der Waals surface area contributed by atoms with Gasteiger partial charge in [-0.2, -0.15) is 0 Å². The molecule has 1 heterocycles. The molecule has 1 saturated heterocycles. The number of aliphatic hydroxyl groups excluding tert-OH is 4. The van der Waals surface area contributed by atoms with Crippen LogP contribution < -0.4 is 0 Å². The second kappa shape index (κ2) is 3.92. The fraction of sp³-hybridized carbons (Fsp3) is 1.00. The van der Waals surface area contributed by atoms with Gasteiger partial charge in [-0.1, -0.05) is 13.8 Å². The molecule has 0 aromatic carbocycles. The van der Waals surface area contributed by atoms with E-state index in [2.05, 4.69) is 6.92 Å². The van der Waals surface area contributed by atoms with Crippen LogP contribution in [-0.4, -0.2) is 57.6 Å². The Morgan fingerprint density at radius 3 is 2.19 bits per heavy atom. The molecule has 2 rings (SSSR count). The molecule has 7 atom stereocenters. The van der Waals surface area contributed by atoms with Crippen molar-refractivity contribution in [1.29, 1.82) is 0 Å². The van der Waals surface area contributed by atoms with Crippen LogP contribution >= 0.6 is 0 Å². The van der Waals surface area contributed by atoms with Crippen molar-refractivity contribution in [1.82, 2.24) is 0 Å². The van der Waals surface area contributed by atoms with Crippen molar-refractivity contribution in [2.24, 2.45) is 11.3 Å². The van der Waals surface area contributed by atoms with Gasteiger partial charge >= 0.3 is 0 Å². The lowest BCUT2D eigenvalue weighted by molar-refractivity contribution is -0.244. The van der Waals surface area contributed by atoms with Gasteiger partial charge < -0.3 is 25.2 Å². The first-order chi connectivity index (χ1) is 7.41. The van der Waals surface area contributed by atoms with E-state index in [9.17, 15) is 15.3 Å². The molecule has 2 fully saturated rings. The molecule has 1 saturated carbocycles. The molecular weight excluding hydrogens is 212 g/mol. The molecule has 16 heavy (non-hydrogen) atoms. The Bertz CT molecular complexity index is 269. The largest absolute Gasteiger partial charge is 0.394 e. The first-order valence-corrected chi connectivity index (χ1v) is 5.72. The zero-order valence-electron chi connectivity index (χ0n) is 9.58. The molecule has 2 aliphatic rings. The van der Waals surface area contributed by atoms with Crippen LogP contribution in [0.25, 0.3) is 0 Å². The first kappa shape index (κ1) is 12.3. The van der Waals surface area contributed by atoms with Gasteiger partial charge in [-0.3, -0.25) is 0 Å². The van der Waals surface area contributed by atoms with E-state index in [4.69, 9.17) is 9.84 Å². The predicted octanol–water partition coefficient (Wildman–Crippen LogP) is -1.13. The standard InChI is InChI=1S/C11H20O5/c1-5-3-11(5,2)10-9(15)8(14)7(13)6(4-12)16-10/h5-10,12-15H,3-4H2,1-2H3/t5?,6?,7-,8?,9?,10?,11?/m0/s1. The highest BCUT2D eigenvalue weighted by molar-refractivity contribution is 5.08. The van der Waals surface area contributed by atoms with Gasteiger partial charge in [0, 0.05) is 0 Å². The van der Waals surface area contributed by atoms with Crippen LogP contribution in [0.3, 0.4) is 0 Å². The number of hydrogen-bond acceptors (Lipinski definition) is 5. The fourth-order valence-corrected chi connectivity index (χ4v) is 2.64. The summed E-state index contributed by atoms with van der Waals surface area (Å²) in [5, 5.41) is 38.2. The van der Waals surface area contributed by atoms with Crippen LogP contribution in [0.15, 0.2) is 0 Å². The van der Waals surface area contributed by atoms with Crippen molar-refractivity contribution in [3.63, 3.8) is 0 Å². The summed E-state index contributed by atoms with van der Waals surface area (Å²) in [5.41, 5.74) is -0.159. The molecule has 0 aromatic heterocycles. The number of ether oxygens (including phenoxy) is 1. The molecule has 6 unspecified atom stereocenters. The predicted molar refractivity (Wildman–Crippen MR) is 55.7 cm³/mol. The van der Waals surface area contributed by atoms with Crippen LogP contribution in [0.4, 0.5) is 0 Å². The van der Waals surface area contributed by atoms with Crippen LogP contribution in [0.2, 0.25) is 0 Å². The summed E-state index contributed by atoms with van der Waals surface area (Å²) in [7, 11) is 0. The maximum Gasteiger partial charge on any atom is 0.111 e. The van der Waals surface area contributed by atoms with E-state index in [1.165, 1.54) is 0 Å². The monoisotopic (exact) mass is 232 g/mol. The molecule has 0 amide bonds. The van der Waals surface area contributed by atoms with Crippen molar-refractivity contribution in [3.05, 3.63) is 0 Å². The van der Waals surface area contributed by atoms with Gasteiger partial charge in [0.2, 0.25) is 0 Å². The average Bonchev–Trinajstić information content (AvgIpc) is 2.85. The summed E-state index contributed by atoms with van der Waals surface area (Å²) in [6.07, 6.45) is -3.97. The Labute approximate surface area is 94.7 Å². The van der Waals surface area contributed by atoms with E-state index in [0.29, 0.717) is 5.92 Å². The molecular formula is C11H20O5. The molecule has 1 aliphatic heterocycles. The second-order valence-electron chi connectivity index (χ2n) is 5.36. The maximum absolute atomic E-state index is 9.90. The maximum atomic E-state index is 9.90. The van der Waals surface area contributed by atoms with Crippen LogP contribution in [0, 0.1) is 11.3 Å². The van der Waals surface area contributed by atoms with Crippen molar-refractivity contribution < 1.29 is 25.2 Å². The van der Waals surface area contributed by atoms with E-state index in [1.54, 1.807) is 0 Å². The summed E-state index contributed by atoms with van der Waals surface area (Å²) in [6, 6.07) is 0. The lowest BCUT2D eigenvalue weighted by Gasteiger charge is -2.43. The summed E-state index contributed by atoms with van der Waals surface area (Å²) >= 11 is 0. The lowest BCUT2D eigenvalue weighted by atomic mass is 9.86. The van der Waals surface area contributed by atoms with Crippen molar-refractivity contribution in [2.75, 3.05) is 6.61 Å². The molecule has 5 nitrogen and oxygen atoms in total. The number of hydrogen-bond donors (Lipinski definition) is 4. The normalized spacial score (nSPS) is 57.4. The first-order valence-electron chi connectivity index (χ1n) is 5.72. The van der Waals surface area contributed by atoms with Crippen molar-refractivity contribution in [3.8, 4) is 0 Å². The van der Waals surface area contributed by atoms with Gasteiger partial charge in [-0.25, -0.2) is 0 Å².